The van der Waals surface area contributed by atoms with Gasteiger partial charge in [-0.25, -0.2) is 13.6 Å². The number of rotatable bonds is 5. The third-order valence-corrected chi connectivity index (χ3v) is 3.51. The van der Waals surface area contributed by atoms with Gasteiger partial charge < -0.3 is 15.5 Å². The summed E-state index contributed by atoms with van der Waals surface area (Å²) in [5, 5.41) is 4.82. The van der Waals surface area contributed by atoms with Gasteiger partial charge in [-0.05, 0) is 17.7 Å². The van der Waals surface area contributed by atoms with Crippen LogP contribution in [0.15, 0.2) is 48.5 Å². The molecule has 0 aliphatic heterocycles. The Bertz CT molecular complexity index is 751. The van der Waals surface area contributed by atoms with E-state index in [1.807, 2.05) is 30.3 Å². The van der Waals surface area contributed by atoms with Crippen molar-refractivity contribution < 1.29 is 18.4 Å². The number of carbonyl (C=O) groups is 2. The normalized spacial score (nSPS) is 11.5. The summed E-state index contributed by atoms with van der Waals surface area (Å²) in [4.78, 5) is 25.8. The molecule has 2 rings (SSSR count). The van der Waals surface area contributed by atoms with Crippen LogP contribution in [0.5, 0.6) is 0 Å². The second kappa shape index (κ2) is 8.23. The van der Waals surface area contributed by atoms with E-state index in [1.165, 1.54) is 4.90 Å². The average Bonchev–Trinajstić information content (AvgIpc) is 2.57. The standard InChI is InChI=1S/C18H19F2N3O2/c1-23(2)17(24)16(10-12-6-4-3-5-7-12)22-18(25)21-15-9-8-13(19)11-14(15)20/h3-9,11,16H,10H2,1-2H3,(H2,21,22,25). The van der Waals surface area contributed by atoms with Crippen LogP contribution >= 0.6 is 0 Å². The minimum atomic E-state index is -0.895. The van der Waals surface area contributed by atoms with Crippen LogP contribution in [-0.2, 0) is 11.2 Å². The van der Waals surface area contributed by atoms with E-state index in [9.17, 15) is 18.4 Å². The van der Waals surface area contributed by atoms with Gasteiger partial charge in [0.15, 0.2) is 0 Å². The summed E-state index contributed by atoms with van der Waals surface area (Å²) in [5.74, 6) is -1.93. The van der Waals surface area contributed by atoms with E-state index in [0.29, 0.717) is 6.07 Å². The van der Waals surface area contributed by atoms with E-state index in [1.54, 1.807) is 14.1 Å². The number of nitrogens with one attached hydrogen (secondary N) is 2. The maximum Gasteiger partial charge on any atom is 0.319 e. The topological polar surface area (TPSA) is 61.4 Å². The Labute approximate surface area is 144 Å². The zero-order valence-corrected chi connectivity index (χ0v) is 13.9. The SMILES string of the molecule is CN(C)C(=O)C(Cc1ccccc1)NC(=O)Nc1ccc(F)cc1F. The molecule has 25 heavy (non-hydrogen) atoms. The molecule has 2 aromatic carbocycles. The van der Waals surface area contributed by atoms with Crippen LogP contribution in [0.4, 0.5) is 19.3 Å². The fourth-order valence-corrected chi connectivity index (χ4v) is 2.27. The van der Waals surface area contributed by atoms with E-state index >= 15 is 0 Å². The van der Waals surface area contributed by atoms with Crippen molar-refractivity contribution in [2.75, 3.05) is 19.4 Å². The number of carbonyl (C=O) groups excluding carboxylic acids is 2. The Balaban J connectivity index is 2.09. The van der Waals surface area contributed by atoms with Gasteiger partial charge in [-0.1, -0.05) is 30.3 Å². The maximum atomic E-state index is 13.6. The lowest BCUT2D eigenvalue weighted by molar-refractivity contribution is -0.130. The van der Waals surface area contributed by atoms with Gasteiger partial charge in [0.05, 0.1) is 5.69 Å². The summed E-state index contributed by atoms with van der Waals surface area (Å²) in [6.45, 7) is 0. The van der Waals surface area contributed by atoms with E-state index in [4.69, 9.17) is 0 Å². The maximum absolute atomic E-state index is 13.6. The molecule has 7 heteroatoms. The lowest BCUT2D eigenvalue weighted by Crippen LogP contribution is -2.48. The summed E-state index contributed by atoms with van der Waals surface area (Å²) in [7, 11) is 3.17. The van der Waals surface area contributed by atoms with Crippen molar-refractivity contribution in [3.05, 3.63) is 65.7 Å². The minimum Gasteiger partial charge on any atom is -0.347 e. The second-order valence-electron chi connectivity index (χ2n) is 5.70. The minimum absolute atomic E-state index is 0.172. The molecule has 0 fully saturated rings. The molecular weight excluding hydrogens is 328 g/mol. The molecule has 0 saturated heterocycles. The number of amides is 3. The van der Waals surface area contributed by atoms with Crippen LogP contribution in [0.3, 0.4) is 0 Å². The molecule has 2 N–H and O–H groups in total. The third kappa shape index (κ3) is 5.27. The lowest BCUT2D eigenvalue weighted by Gasteiger charge is -2.22. The first kappa shape index (κ1) is 18.4. The summed E-state index contributed by atoms with van der Waals surface area (Å²) >= 11 is 0. The number of halogens is 2. The smallest absolute Gasteiger partial charge is 0.319 e. The monoisotopic (exact) mass is 347 g/mol. The molecule has 0 aliphatic rings. The number of nitrogens with zero attached hydrogens (tertiary/aromatic N) is 1. The first-order chi connectivity index (χ1) is 11.9. The number of likely N-dealkylation sites (N-methyl/N-ethyl adjacent to an activating group) is 1. The molecule has 0 bridgehead atoms. The average molecular weight is 347 g/mol. The van der Waals surface area contributed by atoms with Crippen LogP contribution in [0.1, 0.15) is 5.56 Å². The fourth-order valence-electron chi connectivity index (χ4n) is 2.27. The number of hydrogen-bond donors (Lipinski definition) is 2. The van der Waals surface area contributed by atoms with Gasteiger partial charge in [0.1, 0.15) is 17.7 Å². The molecule has 0 heterocycles. The number of anilines is 1. The Morgan fingerprint density at radius 1 is 1.08 bits per heavy atom. The van der Waals surface area contributed by atoms with Crippen LogP contribution < -0.4 is 10.6 Å². The third-order valence-electron chi connectivity index (χ3n) is 3.51. The van der Waals surface area contributed by atoms with Gasteiger partial charge in [0, 0.05) is 26.6 Å². The van der Waals surface area contributed by atoms with E-state index in [2.05, 4.69) is 10.6 Å². The fraction of sp³-hybridized carbons (Fsp3) is 0.222. The van der Waals surface area contributed by atoms with Crippen molar-refractivity contribution >= 4 is 17.6 Å². The van der Waals surface area contributed by atoms with Crippen LogP contribution in [-0.4, -0.2) is 37.0 Å². The first-order valence-corrected chi connectivity index (χ1v) is 7.64. The van der Waals surface area contributed by atoms with Crippen molar-refractivity contribution in [2.45, 2.75) is 12.5 Å². The number of hydrogen-bond acceptors (Lipinski definition) is 2. The highest BCUT2D eigenvalue weighted by atomic mass is 19.1. The zero-order chi connectivity index (χ0) is 18.4. The molecule has 0 aromatic heterocycles. The zero-order valence-electron chi connectivity index (χ0n) is 13.9. The van der Waals surface area contributed by atoms with Gasteiger partial charge in [-0.3, -0.25) is 4.79 Å². The predicted octanol–water partition coefficient (Wildman–Crippen LogP) is 2.79. The molecule has 0 spiro atoms. The molecule has 3 amide bonds. The Kier molecular flexibility index (Phi) is 6.05. The lowest BCUT2D eigenvalue weighted by atomic mass is 10.1. The number of urea groups is 1. The van der Waals surface area contributed by atoms with Gasteiger partial charge >= 0.3 is 6.03 Å². The van der Waals surface area contributed by atoms with Gasteiger partial charge in [0.2, 0.25) is 5.91 Å². The Hall–Kier alpha value is -2.96. The Morgan fingerprint density at radius 3 is 2.36 bits per heavy atom. The first-order valence-electron chi connectivity index (χ1n) is 7.64. The molecule has 2 aromatic rings. The highest BCUT2D eigenvalue weighted by Crippen LogP contribution is 2.15. The summed E-state index contributed by atoms with van der Waals surface area (Å²) in [5.41, 5.74) is 0.700. The van der Waals surface area contributed by atoms with Crippen molar-refractivity contribution in [1.29, 1.82) is 0 Å². The van der Waals surface area contributed by atoms with E-state index < -0.39 is 23.7 Å². The van der Waals surface area contributed by atoms with Crippen molar-refractivity contribution in [1.82, 2.24) is 10.2 Å². The van der Waals surface area contributed by atoms with Gasteiger partial charge in [-0.15, -0.1) is 0 Å². The summed E-state index contributed by atoms with van der Waals surface area (Å²) in [6.07, 6.45) is 0.289. The summed E-state index contributed by atoms with van der Waals surface area (Å²) in [6, 6.07) is 10.5. The highest BCUT2D eigenvalue weighted by molar-refractivity contribution is 5.93. The quantitative estimate of drug-likeness (QED) is 0.874. The van der Waals surface area contributed by atoms with E-state index in [-0.39, 0.29) is 18.0 Å². The molecule has 1 unspecified atom stereocenters. The molecule has 0 saturated carbocycles. The summed E-state index contributed by atoms with van der Waals surface area (Å²) < 4.78 is 26.5. The van der Waals surface area contributed by atoms with Crippen LogP contribution in [0.25, 0.3) is 0 Å². The van der Waals surface area contributed by atoms with Crippen molar-refractivity contribution in [3.63, 3.8) is 0 Å². The molecule has 132 valence electrons. The molecular formula is C18H19F2N3O2. The van der Waals surface area contributed by atoms with Crippen molar-refractivity contribution in [2.24, 2.45) is 0 Å². The molecule has 0 aliphatic carbocycles. The Morgan fingerprint density at radius 2 is 1.76 bits per heavy atom. The van der Waals surface area contributed by atoms with Crippen LogP contribution in [0.2, 0.25) is 0 Å². The van der Waals surface area contributed by atoms with Crippen LogP contribution in [0, 0.1) is 11.6 Å². The number of benzene rings is 2. The highest BCUT2D eigenvalue weighted by Gasteiger charge is 2.23. The van der Waals surface area contributed by atoms with E-state index in [0.717, 1.165) is 17.7 Å². The predicted molar refractivity (Wildman–Crippen MR) is 91.1 cm³/mol. The second-order valence-corrected chi connectivity index (χ2v) is 5.70. The van der Waals surface area contributed by atoms with Crippen molar-refractivity contribution in [3.8, 4) is 0 Å². The molecule has 5 nitrogen and oxygen atoms in total. The molecule has 1 atom stereocenters. The molecule has 0 radical (unpaired) electrons. The van der Waals surface area contributed by atoms with Gasteiger partial charge in [-0.2, -0.15) is 0 Å². The largest absolute Gasteiger partial charge is 0.347 e. The van der Waals surface area contributed by atoms with Gasteiger partial charge in [0.25, 0.3) is 0 Å².